The van der Waals surface area contributed by atoms with Gasteiger partial charge in [-0.05, 0) is 91.0 Å². The minimum atomic E-state index is -4.50. The van der Waals surface area contributed by atoms with Gasteiger partial charge < -0.3 is 14.7 Å². The molecule has 4 aliphatic rings. The van der Waals surface area contributed by atoms with Gasteiger partial charge in [0, 0.05) is 39.4 Å². The van der Waals surface area contributed by atoms with Crippen LogP contribution in [0.4, 0.5) is 5.69 Å². The summed E-state index contributed by atoms with van der Waals surface area (Å²) in [5.41, 5.74) is 7.51. The molecule has 3 aliphatic heterocycles. The molecular weight excluding hydrogens is 775 g/mol. The van der Waals surface area contributed by atoms with Gasteiger partial charge in [0.15, 0.2) is 0 Å². The lowest BCUT2D eigenvalue weighted by Gasteiger charge is -2.44. The number of allylic oxidation sites excluding steroid dienone is 1. The Labute approximate surface area is 344 Å². The average molecular weight is 834 g/mol. The molecule has 0 fully saturated rings. The first-order chi connectivity index (χ1) is 27.3. The van der Waals surface area contributed by atoms with Crippen LogP contribution in [0.5, 0.6) is 0 Å². The highest BCUT2D eigenvalue weighted by Gasteiger charge is 2.50. The van der Waals surface area contributed by atoms with Crippen LogP contribution < -0.4 is 4.90 Å². The summed E-state index contributed by atoms with van der Waals surface area (Å²) in [6, 6.07) is 14.5. The van der Waals surface area contributed by atoms with Gasteiger partial charge in [-0.1, -0.05) is 109 Å². The number of carbonyl (C=O) groups is 1. The molecule has 314 valence electrons. The van der Waals surface area contributed by atoms with Gasteiger partial charge >= 0.3 is 5.97 Å². The monoisotopic (exact) mass is 833 g/mol. The molecule has 10 nitrogen and oxygen atoms in total. The van der Waals surface area contributed by atoms with Gasteiger partial charge in [0.1, 0.15) is 4.90 Å². The molecule has 3 atom stereocenters. The summed E-state index contributed by atoms with van der Waals surface area (Å²) in [6.07, 6.45) is 11.8. The molecule has 3 aromatic rings. The van der Waals surface area contributed by atoms with Crippen molar-refractivity contribution in [3.63, 3.8) is 0 Å². The number of unbranched alkanes of at least 4 members (excludes halogenated alkanes) is 4. The predicted octanol–water partition coefficient (Wildman–Crippen LogP) is 9.66. The summed E-state index contributed by atoms with van der Waals surface area (Å²) in [6.45, 7) is 16.1. The van der Waals surface area contributed by atoms with Gasteiger partial charge in [-0.3, -0.25) is 13.9 Å². The van der Waals surface area contributed by atoms with Crippen LogP contribution in [0.15, 0.2) is 88.5 Å². The third-order valence-corrected chi connectivity index (χ3v) is 14.4. The van der Waals surface area contributed by atoms with Crippen LogP contribution in [0.3, 0.4) is 0 Å². The standard InChI is InChI=1S/C40H45NO9S2.C6H14/c1-24-29-23-30-34(50-33(29)11-7-9-26-14-13-25(22-36(42)43)21-32(26)39(24,2)3)17-19-41-37-28-10-8-12-35(52(47,48)49)27(28)15-16-31(37)40(4,38(30)41)18-5-6-20-51(44,45)46;1-3-5-6-4-2/h8,10,12-16,21,23,33-34H,1,5-7,9,11,17-20,22H2,2-4H3,(H,42,43)(H,44,45,46)(H,47,48,49);3-6H2,1-2H3. The first kappa shape index (κ1) is 43.8. The Morgan fingerprint density at radius 1 is 0.897 bits per heavy atom. The van der Waals surface area contributed by atoms with Crippen molar-refractivity contribution >= 4 is 42.7 Å². The van der Waals surface area contributed by atoms with Gasteiger partial charge in [0.05, 0.1) is 30.1 Å². The number of nitrogens with zero attached hydrogens (tertiary/aromatic N) is 1. The minimum Gasteiger partial charge on any atom is -0.481 e. The number of aliphatic carboxylic acids is 1. The number of hydrogen-bond acceptors (Lipinski definition) is 7. The number of benzene rings is 3. The highest BCUT2D eigenvalue weighted by Crippen LogP contribution is 2.58. The predicted molar refractivity (Wildman–Crippen MR) is 230 cm³/mol. The Morgan fingerprint density at radius 3 is 2.28 bits per heavy atom. The second-order valence-corrected chi connectivity index (χ2v) is 20.0. The summed E-state index contributed by atoms with van der Waals surface area (Å²) >= 11 is 0. The van der Waals surface area contributed by atoms with Crippen LogP contribution in [-0.4, -0.2) is 61.5 Å². The summed E-state index contributed by atoms with van der Waals surface area (Å²) in [5, 5.41) is 10.6. The summed E-state index contributed by atoms with van der Waals surface area (Å²) in [4.78, 5) is 13.7. The number of carboxylic acid groups (broad SMARTS) is 1. The van der Waals surface area contributed by atoms with Gasteiger partial charge in [0.2, 0.25) is 0 Å². The fourth-order valence-electron chi connectivity index (χ4n) is 9.63. The van der Waals surface area contributed by atoms with Crippen molar-refractivity contribution in [2.75, 3.05) is 17.2 Å². The summed E-state index contributed by atoms with van der Waals surface area (Å²) in [7, 11) is -8.64. The third kappa shape index (κ3) is 8.73. The Kier molecular flexibility index (Phi) is 12.9. The largest absolute Gasteiger partial charge is 0.481 e. The van der Waals surface area contributed by atoms with Crippen LogP contribution in [0.1, 0.15) is 121 Å². The van der Waals surface area contributed by atoms with Crippen molar-refractivity contribution in [3.05, 3.63) is 106 Å². The summed E-state index contributed by atoms with van der Waals surface area (Å²) in [5.74, 6) is -1.23. The quantitative estimate of drug-likeness (QED) is 0.125. The SMILES string of the molecule is C=C1C2=CC3=C4N(CCC3OC2CCCc2ccc(CC(=O)O)cc2C1(C)C)c1c(ccc2c(S(=O)(=O)O)cccc12)C4(C)CCCCS(=O)(=O)O.CCCCCC. The fraction of sp³-hybridized carbons (Fsp3) is 0.500. The van der Waals surface area contributed by atoms with Crippen LogP contribution in [0, 0.1) is 0 Å². The lowest BCUT2D eigenvalue weighted by atomic mass is 9.70. The van der Waals surface area contributed by atoms with E-state index in [4.69, 9.17) is 4.74 Å². The molecule has 1 aliphatic carbocycles. The van der Waals surface area contributed by atoms with Gasteiger partial charge in [-0.15, -0.1) is 0 Å². The maximum atomic E-state index is 12.4. The second kappa shape index (κ2) is 17.0. The first-order valence-electron chi connectivity index (χ1n) is 20.7. The molecule has 0 aromatic heterocycles. The molecule has 0 spiro atoms. The zero-order valence-corrected chi connectivity index (χ0v) is 36.1. The molecular formula is C46H59NO9S2. The molecule has 58 heavy (non-hydrogen) atoms. The number of anilines is 1. The van der Waals surface area contributed by atoms with Crippen LogP contribution >= 0.6 is 0 Å². The topological polar surface area (TPSA) is 159 Å². The molecule has 0 bridgehead atoms. The number of fused-ring (bicyclic) bond motifs is 8. The van der Waals surface area contributed by atoms with E-state index in [0.29, 0.717) is 36.6 Å². The van der Waals surface area contributed by atoms with E-state index in [1.165, 1.54) is 37.3 Å². The number of aryl methyl sites for hydroxylation is 1. The Balaban J connectivity index is 0.000000879. The molecule has 7 rings (SSSR count). The van der Waals surface area contributed by atoms with E-state index in [1.807, 2.05) is 24.3 Å². The van der Waals surface area contributed by atoms with Crippen molar-refractivity contribution in [1.29, 1.82) is 0 Å². The lowest BCUT2D eigenvalue weighted by Crippen LogP contribution is -2.43. The zero-order chi connectivity index (χ0) is 42.2. The first-order valence-corrected chi connectivity index (χ1v) is 23.8. The van der Waals surface area contributed by atoms with Gasteiger partial charge in [-0.2, -0.15) is 16.8 Å². The summed E-state index contributed by atoms with van der Waals surface area (Å²) < 4.78 is 74.7. The Bertz CT molecular complexity index is 2370. The van der Waals surface area contributed by atoms with Gasteiger partial charge in [-0.25, -0.2) is 0 Å². The maximum absolute atomic E-state index is 12.4. The molecule has 0 amide bonds. The van der Waals surface area contributed by atoms with E-state index >= 15 is 0 Å². The molecule has 0 radical (unpaired) electrons. The fourth-order valence-corrected chi connectivity index (χ4v) is 10.9. The average Bonchev–Trinajstić information content (AvgIpc) is 3.44. The number of ether oxygens (including phenoxy) is 1. The van der Waals surface area contributed by atoms with E-state index < -0.39 is 37.0 Å². The van der Waals surface area contributed by atoms with Crippen molar-refractivity contribution in [2.24, 2.45) is 0 Å². The molecule has 0 saturated heterocycles. The van der Waals surface area contributed by atoms with E-state index in [0.717, 1.165) is 64.1 Å². The van der Waals surface area contributed by atoms with E-state index in [1.54, 1.807) is 12.1 Å². The molecule has 12 heteroatoms. The minimum absolute atomic E-state index is 0.0676. The van der Waals surface area contributed by atoms with Crippen LogP contribution in [0.2, 0.25) is 0 Å². The van der Waals surface area contributed by atoms with Crippen molar-refractivity contribution < 1.29 is 40.6 Å². The smallest absolute Gasteiger partial charge is 0.307 e. The normalized spacial score (nSPS) is 22.6. The van der Waals surface area contributed by atoms with E-state index in [9.17, 15) is 35.8 Å². The maximum Gasteiger partial charge on any atom is 0.307 e. The molecule has 3 heterocycles. The highest BCUT2D eigenvalue weighted by atomic mass is 32.2. The molecule has 3 unspecified atom stereocenters. The Morgan fingerprint density at radius 2 is 1.62 bits per heavy atom. The van der Waals surface area contributed by atoms with Crippen LogP contribution in [0.25, 0.3) is 10.8 Å². The van der Waals surface area contributed by atoms with Crippen molar-refractivity contribution in [1.82, 2.24) is 0 Å². The lowest BCUT2D eigenvalue weighted by molar-refractivity contribution is -0.136. The van der Waals surface area contributed by atoms with E-state index in [2.05, 4.69) is 58.2 Å². The second-order valence-electron chi connectivity index (χ2n) is 17.1. The van der Waals surface area contributed by atoms with Crippen LogP contribution in [-0.2, 0) is 53.4 Å². The van der Waals surface area contributed by atoms with Crippen molar-refractivity contribution in [3.8, 4) is 0 Å². The third-order valence-electron chi connectivity index (χ3n) is 12.7. The highest BCUT2D eigenvalue weighted by molar-refractivity contribution is 7.86. The number of rotatable bonds is 11. The number of hydrogen-bond donors (Lipinski definition) is 3. The van der Waals surface area contributed by atoms with E-state index in [-0.39, 0.29) is 35.7 Å². The zero-order valence-electron chi connectivity index (χ0n) is 34.5. The van der Waals surface area contributed by atoms with Crippen molar-refractivity contribution in [2.45, 2.75) is 140 Å². The Hall–Kier alpha value is -3.81. The molecule has 0 saturated carbocycles. The molecule has 3 aromatic carbocycles. The van der Waals surface area contributed by atoms with Gasteiger partial charge in [0.25, 0.3) is 20.2 Å². The number of carboxylic acids is 1. The molecule has 3 N–H and O–H groups in total.